The molecule has 1 saturated heterocycles. The number of anilines is 1. The van der Waals surface area contributed by atoms with Gasteiger partial charge in [0.1, 0.15) is 5.82 Å². The number of amides is 1. The van der Waals surface area contributed by atoms with Crippen LogP contribution in [0.1, 0.15) is 18.5 Å². The van der Waals surface area contributed by atoms with E-state index in [9.17, 15) is 9.18 Å². The van der Waals surface area contributed by atoms with Crippen molar-refractivity contribution in [3.8, 4) is 0 Å². The van der Waals surface area contributed by atoms with Crippen molar-refractivity contribution in [2.45, 2.75) is 13.0 Å². The fraction of sp³-hybridized carbons (Fsp3) is 0.350. The van der Waals surface area contributed by atoms with Gasteiger partial charge in [0.15, 0.2) is 0 Å². The average molecular weight is 376 g/mol. The van der Waals surface area contributed by atoms with Gasteiger partial charge in [-0.2, -0.15) is 0 Å². The van der Waals surface area contributed by atoms with E-state index in [2.05, 4.69) is 22.0 Å². The van der Waals surface area contributed by atoms with Crippen molar-refractivity contribution < 1.29 is 9.18 Å². The predicted molar refractivity (Wildman–Crippen MR) is 103 cm³/mol. The van der Waals surface area contributed by atoms with Gasteiger partial charge in [-0.15, -0.1) is 0 Å². The molecule has 2 aromatic carbocycles. The van der Waals surface area contributed by atoms with Gasteiger partial charge in [0.2, 0.25) is 5.91 Å². The van der Waals surface area contributed by atoms with Crippen LogP contribution in [-0.2, 0) is 4.79 Å². The summed E-state index contributed by atoms with van der Waals surface area (Å²) in [6.45, 7) is 5.87. The number of carbonyl (C=O) groups excluding carboxylic acids is 1. The first-order valence-electron chi connectivity index (χ1n) is 8.79. The van der Waals surface area contributed by atoms with Crippen molar-refractivity contribution in [3.05, 3.63) is 64.9 Å². The van der Waals surface area contributed by atoms with Crippen LogP contribution < -0.4 is 5.32 Å². The second kappa shape index (κ2) is 8.62. The molecule has 1 heterocycles. The van der Waals surface area contributed by atoms with Gasteiger partial charge < -0.3 is 5.32 Å². The van der Waals surface area contributed by atoms with Crippen molar-refractivity contribution in [1.29, 1.82) is 0 Å². The molecular formula is C20H23ClFN3O. The van der Waals surface area contributed by atoms with Crippen LogP contribution in [0.2, 0.25) is 5.02 Å². The Balaban J connectivity index is 1.48. The third-order valence-corrected chi connectivity index (χ3v) is 5.15. The molecule has 0 bridgehead atoms. The molecule has 1 N–H and O–H groups in total. The van der Waals surface area contributed by atoms with Gasteiger partial charge >= 0.3 is 0 Å². The van der Waals surface area contributed by atoms with Crippen molar-refractivity contribution in [2.24, 2.45) is 0 Å². The van der Waals surface area contributed by atoms with Crippen molar-refractivity contribution >= 4 is 23.2 Å². The number of nitrogens with one attached hydrogen (secondary N) is 1. The second-order valence-corrected chi connectivity index (χ2v) is 6.97. The van der Waals surface area contributed by atoms with E-state index in [0.717, 1.165) is 31.7 Å². The summed E-state index contributed by atoms with van der Waals surface area (Å²) >= 11 is 6.07. The van der Waals surface area contributed by atoms with Gasteiger partial charge in [0.05, 0.1) is 17.3 Å². The quantitative estimate of drug-likeness (QED) is 0.863. The highest BCUT2D eigenvalue weighted by atomic mass is 35.5. The molecule has 1 fully saturated rings. The molecule has 0 radical (unpaired) electrons. The number of benzene rings is 2. The largest absolute Gasteiger partial charge is 0.324 e. The molecule has 1 aliphatic heterocycles. The Hall–Kier alpha value is -1.95. The molecule has 0 spiro atoms. The van der Waals surface area contributed by atoms with Crippen LogP contribution in [0.25, 0.3) is 0 Å². The molecule has 0 saturated carbocycles. The van der Waals surface area contributed by atoms with Gasteiger partial charge in [-0.25, -0.2) is 4.39 Å². The molecule has 6 heteroatoms. The lowest BCUT2D eigenvalue weighted by atomic mass is 10.1. The minimum atomic E-state index is -0.213. The zero-order valence-electron chi connectivity index (χ0n) is 14.8. The van der Waals surface area contributed by atoms with Gasteiger partial charge in [-0.1, -0.05) is 35.9 Å². The zero-order valence-corrected chi connectivity index (χ0v) is 15.5. The minimum absolute atomic E-state index is 0.0573. The lowest BCUT2D eigenvalue weighted by Gasteiger charge is -2.38. The maximum atomic E-state index is 13.1. The van der Waals surface area contributed by atoms with E-state index >= 15 is 0 Å². The topological polar surface area (TPSA) is 35.6 Å². The number of hydrogen-bond donors (Lipinski definition) is 1. The maximum Gasteiger partial charge on any atom is 0.238 e. The lowest BCUT2D eigenvalue weighted by Crippen LogP contribution is -2.49. The smallest absolute Gasteiger partial charge is 0.238 e. The van der Waals surface area contributed by atoms with Crippen LogP contribution in [0.4, 0.5) is 10.1 Å². The SMILES string of the molecule is CC(c1ccc(F)cc1)N1CCN(CC(=O)Nc2ccccc2Cl)CC1. The Morgan fingerprint density at radius 3 is 2.42 bits per heavy atom. The summed E-state index contributed by atoms with van der Waals surface area (Å²) in [6, 6.07) is 14.1. The summed E-state index contributed by atoms with van der Waals surface area (Å²) in [5.41, 5.74) is 1.75. The highest BCUT2D eigenvalue weighted by molar-refractivity contribution is 6.33. The van der Waals surface area contributed by atoms with E-state index in [1.807, 2.05) is 24.3 Å². The van der Waals surface area contributed by atoms with E-state index in [1.54, 1.807) is 12.1 Å². The number of hydrogen-bond acceptors (Lipinski definition) is 3. The van der Waals surface area contributed by atoms with E-state index < -0.39 is 0 Å². The summed E-state index contributed by atoms with van der Waals surface area (Å²) in [6.07, 6.45) is 0. The van der Waals surface area contributed by atoms with E-state index in [1.165, 1.54) is 12.1 Å². The summed E-state index contributed by atoms with van der Waals surface area (Å²) < 4.78 is 13.1. The van der Waals surface area contributed by atoms with Crippen LogP contribution in [0.15, 0.2) is 48.5 Å². The molecule has 4 nitrogen and oxygen atoms in total. The Labute approximate surface area is 158 Å². The number of rotatable bonds is 5. The number of halogens is 2. The molecule has 0 aromatic heterocycles. The molecule has 2 aromatic rings. The van der Waals surface area contributed by atoms with Gasteiger partial charge in [-0.3, -0.25) is 14.6 Å². The van der Waals surface area contributed by atoms with Crippen LogP contribution in [0.3, 0.4) is 0 Å². The van der Waals surface area contributed by atoms with Crippen LogP contribution in [-0.4, -0.2) is 48.4 Å². The minimum Gasteiger partial charge on any atom is -0.324 e. The number of para-hydroxylation sites is 1. The third-order valence-electron chi connectivity index (χ3n) is 4.82. The van der Waals surface area contributed by atoms with Crippen molar-refractivity contribution in [2.75, 3.05) is 38.0 Å². The normalized spacial score (nSPS) is 17.0. The summed E-state index contributed by atoms with van der Waals surface area (Å²) in [4.78, 5) is 16.7. The Kier molecular flexibility index (Phi) is 6.25. The summed E-state index contributed by atoms with van der Waals surface area (Å²) in [5, 5.41) is 3.40. The third kappa shape index (κ3) is 4.81. The average Bonchev–Trinajstić information content (AvgIpc) is 2.64. The van der Waals surface area contributed by atoms with Gasteiger partial charge in [0.25, 0.3) is 0 Å². The van der Waals surface area contributed by atoms with Crippen LogP contribution in [0, 0.1) is 5.82 Å². The molecule has 1 atom stereocenters. The van der Waals surface area contributed by atoms with Crippen molar-refractivity contribution in [1.82, 2.24) is 9.80 Å². The maximum absolute atomic E-state index is 13.1. The summed E-state index contributed by atoms with van der Waals surface area (Å²) in [7, 11) is 0. The molecule has 138 valence electrons. The molecule has 3 rings (SSSR count). The van der Waals surface area contributed by atoms with Gasteiger partial charge in [-0.05, 0) is 36.8 Å². The lowest BCUT2D eigenvalue weighted by molar-refractivity contribution is -0.117. The molecule has 1 amide bonds. The molecule has 1 aliphatic rings. The molecule has 0 aliphatic carbocycles. The zero-order chi connectivity index (χ0) is 18.5. The van der Waals surface area contributed by atoms with E-state index in [0.29, 0.717) is 17.3 Å². The highest BCUT2D eigenvalue weighted by Gasteiger charge is 2.23. The predicted octanol–water partition coefficient (Wildman–Crippen LogP) is 3.80. The Morgan fingerprint density at radius 1 is 1.12 bits per heavy atom. The standard InChI is InChI=1S/C20H23ClFN3O/c1-15(16-6-8-17(22)9-7-16)25-12-10-24(11-13-25)14-20(26)23-19-5-3-2-4-18(19)21/h2-9,15H,10-14H2,1H3,(H,23,26). The molecule has 1 unspecified atom stereocenters. The Morgan fingerprint density at radius 2 is 1.77 bits per heavy atom. The van der Waals surface area contributed by atoms with Crippen LogP contribution >= 0.6 is 11.6 Å². The van der Waals surface area contributed by atoms with Crippen molar-refractivity contribution in [3.63, 3.8) is 0 Å². The first kappa shape index (κ1) is 18.8. The summed E-state index contributed by atoms with van der Waals surface area (Å²) in [5.74, 6) is -0.270. The molecular weight excluding hydrogens is 353 g/mol. The fourth-order valence-electron chi connectivity index (χ4n) is 3.22. The number of piperazine rings is 1. The first-order valence-corrected chi connectivity index (χ1v) is 9.17. The van der Waals surface area contributed by atoms with E-state index in [-0.39, 0.29) is 17.8 Å². The number of carbonyl (C=O) groups is 1. The number of nitrogens with zero attached hydrogens (tertiary/aromatic N) is 2. The molecule has 26 heavy (non-hydrogen) atoms. The monoisotopic (exact) mass is 375 g/mol. The Bertz CT molecular complexity index is 745. The fourth-order valence-corrected chi connectivity index (χ4v) is 3.40. The highest BCUT2D eigenvalue weighted by Crippen LogP contribution is 2.22. The van der Waals surface area contributed by atoms with E-state index in [4.69, 9.17) is 11.6 Å². The second-order valence-electron chi connectivity index (χ2n) is 6.57. The van der Waals surface area contributed by atoms with Gasteiger partial charge in [0, 0.05) is 32.2 Å². The first-order chi connectivity index (χ1) is 12.5. The van der Waals surface area contributed by atoms with Crippen LogP contribution in [0.5, 0.6) is 0 Å².